The van der Waals surface area contributed by atoms with E-state index in [9.17, 15) is 4.79 Å². The predicted octanol–water partition coefficient (Wildman–Crippen LogP) is 5.66. The van der Waals surface area contributed by atoms with Crippen LogP contribution >= 0.6 is 34.8 Å². The number of nitrogens with one attached hydrogen (secondary N) is 1. The van der Waals surface area contributed by atoms with Gasteiger partial charge in [-0.05, 0) is 55.7 Å². The summed E-state index contributed by atoms with van der Waals surface area (Å²) in [7, 11) is 0. The van der Waals surface area contributed by atoms with Gasteiger partial charge < -0.3 is 10.1 Å². The van der Waals surface area contributed by atoms with E-state index in [2.05, 4.69) is 10.2 Å². The molecule has 1 heterocycles. The summed E-state index contributed by atoms with van der Waals surface area (Å²) in [6, 6.07) is 9.01. The van der Waals surface area contributed by atoms with E-state index in [1.807, 2.05) is 45.0 Å². The Morgan fingerprint density at radius 1 is 1.14 bits per heavy atom. The van der Waals surface area contributed by atoms with Crippen molar-refractivity contribution in [2.24, 2.45) is 0 Å². The van der Waals surface area contributed by atoms with E-state index in [0.717, 1.165) is 16.7 Å². The Hall–Kier alpha value is -1.30. The molecule has 0 bridgehead atoms. The number of nitrogens with zero attached hydrogens (tertiary/aromatic N) is 1. The Bertz CT molecular complexity index is 865. The number of halogens is 3. The third-order valence-corrected chi connectivity index (χ3v) is 6.06. The second-order valence-corrected chi connectivity index (χ2v) is 8.35. The van der Waals surface area contributed by atoms with Crippen molar-refractivity contribution in [1.82, 2.24) is 4.90 Å². The van der Waals surface area contributed by atoms with Crippen molar-refractivity contribution in [2.75, 3.05) is 25.0 Å². The molecule has 0 spiro atoms. The molecule has 1 saturated heterocycles. The van der Waals surface area contributed by atoms with E-state index in [0.29, 0.717) is 40.5 Å². The minimum atomic E-state index is -0.328. The molecule has 7 heteroatoms. The normalized spacial score (nSPS) is 18.7. The Labute approximate surface area is 180 Å². The number of hydrogen-bond acceptors (Lipinski definition) is 3. The standard InChI is InChI=1S/C21H23Cl3N2O2/c1-12-8-13(2)20(18(24)9-12)25-21(27)14(3)26-6-7-28-19(11-26)15-4-5-16(22)17(23)10-15/h4-5,8-10,14,19H,6-7,11H2,1-3H3,(H,25,27). The molecule has 2 unspecified atom stereocenters. The zero-order chi connectivity index (χ0) is 20.4. The van der Waals surface area contributed by atoms with Crippen LogP contribution in [0, 0.1) is 13.8 Å². The number of rotatable bonds is 4. The quantitative estimate of drug-likeness (QED) is 0.665. The molecule has 1 amide bonds. The number of hydrogen-bond donors (Lipinski definition) is 1. The largest absolute Gasteiger partial charge is 0.371 e. The number of morpholine rings is 1. The Morgan fingerprint density at radius 3 is 2.57 bits per heavy atom. The lowest BCUT2D eigenvalue weighted by Gasteiger charge is -2.36. The van der Waals surface area contributed by atoms with Gasteiger partial charge >= 0.3 is 0 Å². The van der Waals surface area contributed by atoms with Gasteiger partial charge in [0, 0.05) is 13.1 Å². The summed E-state index contributed by atoms with van der Waals surface area (Å²) in [6.07, 6.45) is -0.163. The molecule has 4 nitrogen and oxygen atoms in total. The molecule has 0 aliphatic carbocycles. The van der Waals surface area contributed by atoms with Gasteiger partial charge in [0.25, 0.3) is 0 Å². The molecule has 0 aromatic heterocycles. The Balaban J connectivity index is 1.70. The first-order valence-corrected chi connectivity index (χ1v) is 10.3. The van der Waals surface area contributed by atoms with Gasteiger partial charge in [-0.25, -0.2) is 0 Å². The molecule has 1 fully saturated rings. The van der Waals surface area contributed by atoms with Gasteiger partial charge in [-0.1, -0.05) is 46.9 Å². The second kappa shape index (κ2) is 9.02. The number of amides is 1. The van der Waals surface area contributed by atoms with Crippen molar-refractivity contribution in [3.63, 3.8) is 0 Å². The summed E-state index contributed by atoms with van der Waals surface area (Å²) in [5, 5.41) is 4.54. The maximum absolute atomic E-state index is 12.9. The topological polar surface area (TPSA) is 41.6 Å². The lowest BCUT2D eigenvalue weighted by Crippen LogP contribution is -2.48. The average molecular weight is 442 g/mol. The maximum Gasteiger partial charge on any atom is 0.241 e. The first-order chi connectivity index (χ1) is 13.3. The summed E-state index contributed by atoms with van der Waals surface area (Å²) in [5.41, 5.74) is 3.62. The Kier molecular flexibility index (Phi) is 6.89. The fraction of sp³-hybridized carbons (Fsp3) is 0.381. The van der Waals surface area contributed by atoms with Crippen LogP contribution in [0.3, 0.4) is 0 Å². The molecule has 2 aromatic carbocycles. The van der Waals surface area contributed by atoms with E-state index < -0.39 is 0 Å². The SMILES string of the molecule is Cc1cc(C)c(NC(=O)C(C)N2CCOC(c3ccc(Cl)c(Cl)c3)C2)c(Cl)c1. The third-order valence-electron chi connectivity index (χ3n) is 5.02. The Morgan fingerprint density at radius 2 is 1.89 bits per heavy atom. The molecule has 2 atom stereocenters. The molecular formula is C21H23Cl3N2O2. The minimum Gasteiger partial charge on any atom is -0.371 e. The molecule has 1 N–H and O–H groups in total. The smallest absolute Gasteiger partial charge is 0.241 e. The molecule has 3 rings (SSSR count). The van der Waals surface area contributed by atoms with E-state index in [1.54, 1.807) is 6.07 Å². The van der Waals surface area contributed by atoms with E-state index >= 15 is 0 Å². The van der Waals surface area contributed by atoms with E-state index in [-0.39, 0.29) is 18.1 Å². The zero-order valence-corrected chi connectivity index (χ0v) is 18.3. The fourth-order valence-electron chi connectivity index (χ4n) is 3.40. The van der Waals surface area contributed by atoms with Crippen LogP contribution in [0.1, 0.15) is 29.7 Å². The first-order valence-electron chi connectivity index (χ1n) is 9.14. The van der Waals surface area contributed by atoms with Gasteiger partial charge in [0.1, 0.15) is 0 Å². The van der Waals surface area contributed by atoms with E-state index in [4.69, 9.17) is 39.5 Å². The predicted molar refractivity (Wildman–Crippen MR) is 116 cm³/mol. The van der Waals surface area contributed by atoms with Crippen LogP contribution in [0.25, 0.3) is 0 Å². The molecule has 28 heavy (non-hydrogen) atoms. The molecule has 150 valence electrons. The van der Waals surface area contributed by atoms with Gasteiger partial charge in [-0.3, -0.25) is 9.69 Å². The van der Waals surface area contributed by atoms with Crippen molar-refractivity contribution in [1.29, 1.82) is 0 Å². The molecule has 0 radical (unpaired) electrons. The lowest BCUT2D eigenvalue weighted by atomic mass is 10.1. The van der Waals surface area contributed by atoms with Crippen LogP contribution < -0.4 is 5.32 Å². The molecule has 0 saturated carbocycles. The number of anilines is 1. The van der Waals surface area contributed by atoms with E-state index in [1.165, 1.54) is 0 Å². The highest BCUT2D eigenvalue weighted by Gasteiger charge is 2.29. The second-order valence-electron chi connectivity index (χ2n) is 7.13. The highest BCUT2D eigenvalue weighted by atomic mass is 35.5. The number of carbonyl (C=O) groups excluding carboxylic acids is 1. The van der Waals surface area contributed by atoms with Gasteiger partial charge in [0.05, 0.1) is 39.5 Å². The summed E-state index contributed by atoms with van der Waals surface area (Å²) in [4.78, 5) is 15.0. The fourth-order valence-corrected chi connectivity index (χ4v) is 4.08. The third kappa shape index (κ3) is 4.81. The minimum absolute atomic E-state index is 0.0939. The average Bonchev–Trinajstić information content (AvgIpc) is 2.66. The van der Waals surface area contributed by atoms with Crippen molar-refractivity contribution in [2.45, 2.75) is 32.9 Å². The van der Waals surface area contributed by atoms with Crippen LogP contribution in [-0.2, 0) is 9.53 Å². The number of carbonyl (C=O) groups is 1. The number of aryl methyl sites for hydroxylation is 2. The molecule has 1 aliphatic rings. The highest BCUT2D eigenvalue weighted by Crippen LogP contribution is 2.30. The molecule has 1 aliphatic heterocycles. The summed E-state index contributed by atoms with van der Waals surface area (Å²) < 4.78 is 5.89. The summed E-state index contributed by atoms with van der Waals surface area (Å²) >= 11 is 18.5. The van der Waals surface area contributed by atoms with Crippen molar-refractivity contribution < 1.29 is 9.53 Å². The monoisotopic (exact) mass is 440 g/mol. The zero-order valence-electron chi connectivity index (χ0n) is 16.1. The van der Waals surface area contributed by atoms with Gasteiger partial charge in [-0.2, -0.15) is 0 Å². The van der Waals surface area contributed by atoms with Crippen molar-refractivity contribution in [3.05, 3.63) is 62.1 Å². The molecular weight excluding hydrogens is 419 g/mol. The first kappa shape index (κ1) is 21.4. The van der Waals surface area contributed by atoms with Crippen LogP contribution in [0.4, 0.5) is 5.69 Å². The van der Waals surface area contributed by atoms with Crippen molar-refractivity contribution in [3.8, 4) is 0 Å². The number of benzene rings is 2. The van der Waals surface area contributed by atoms with Gasteiger partial charge in [-0.15, -0.1) is 0 Å². The summed E-state index contributed by atoms with van der Waals surface area (Å²) in [6.45, 7) is 7.61. The van der Waals surface area contributed by atoms with Crippen LogP contribution in [0.2, 0.25) is 15.1 Å². The maximum atomic E-state index is 12.9. The lowest BCUT2D eigenvalue weighted by molar-refractivity contribution is -0.124. The van der Waals surface area contributed by atoms with Crippen LogP contribution in [-0.4, -0.2) is 36.5 Å². The van der Waals surface area contributed by atoms with Gasteiger partial charge in [0.2, 0.25) is 5.91 Å². The summed E-state index contributed by atoms with van der Waals surface area (Å²) in [5.74, 6) is -0.0939. The highest BCUT2D eigenvalue weighted by molar-refractivity contribution is 6.42. The number of ether oxygens (including phenoxy) is 1. The van der Waals surface area contributed by atoms with Crippen LogP contribution in [0.15, 0.2) is 30.3 Å². The molecule has 2 aromatic rings. The van der Waals surface area contributed by atoms with Gasteiger partial charge in [0.15, 0.2) is 0 Å². The van der Waals surface area contributed by atoms with Crippen LogP contribution in [0.5, 0.6) is 0 Å². The van der Waals surface area contributed by atoms with Crippen molar-refractivity contribution >= 4 is 46.4 Å².